The monoisotopic (exact) mass is 1100 g/mol. The molecule has 2 aliphatic rings. The summed E-state index contributed by atoms with van der Waals surface area (Å²) in [6, 6.07) is -3.02. The minimum absolute atomic E-state index is 0.00185. The van der Waals surface area contributed by atoms with E-state index in [4.69, 9.17) is 4.74 Å². The first kappa shape index (κ1) is 66.1. The summed E-state index contributed by atoms with van der Waals surface area (Å²) in [7, 11) is 8.31. The first-order valence-corrected chi connectivity index (χ1v) is 27.4. The van der Waals surface area contributed by atoms with Crippen molar-refractivity contribution in [2.45, 2.75) is 187 Å². The number of likely N-dealkylation sites (tertiary alicyclic amines) is 1. The van der Waals surface area contributed by atoms with Crippen LogP contribution in [0.25, 0.3) is 0 Å². The summed E-state index contributed by atoms with van der Waals surface area (Å²) in [5.74, 6) is -7.51. The highest BCUT2D eigenvalue weighted by molar-refractivity contribution is 5.99. The number of rotatable bonds is 10. The number of carbonyl (C=O) groups is 10. The number of aliphatic hydroxyl groups is 1. The SMILES string of the molecule is CC(C)C[C@H]1C(=O)N[C@@H](COC(C)(C)C)C(=O)N[C@H](C(=O)N2CCCCC2)CC(=O)N(C)[C@@H](C)C(=O)N(C)[C@@H](C)C(=O)N(C)[C@@H](Cc2ccccc2)C(=O)N(C)[C@@H](CC(C)C)C(=O)N[C@@H]([C@@H](C)O)C(=O)N(C)[C@@H](C)C(=O)N1C. The van der Waals surface area contributed by atoms with Crippen molar-refractivity contribution in [3.63, 3.8) is 0 Å². The molecule has 10 amide bonds. The lowest BCUT2D eigenvalue weighted by Gasteiger charge is -2.38. The average molecular weight is 1100 g/mol. The zero-order valence-electron chi connectivity index (χ0n) is 49.5. The molecule has 22 nitrogen and oxygen atoms in total. The molecule has 0 aromatic heterocycles. The Morgan fingerprint density at radius 3 is 1.53 bits per heavy atom. The number of hydrogen-bond acceptors (Lipinski definition) is 12. The molecule has 1 aromatic carbocycles. The molecule has 0 saturated carbocycles. The molecule has 2 saturated heterocycles. The maximum absolute atomic E-state index is 15.0. The van der Waals surface area contributed by atoms with Crippen molar-refractivity contribution in [2.24, 2.45) is 11.8 Å². The quantitative estimate of drug-likeness (QED) is 0.260. The van der Waals surface area contributed by atoms with E-state index in [2.05, 4.69) is 16.0 Å². The minimum Gasteiger partial charge on any atom is -0.391 e. The van der Waals surface area contributed by atoms with Crippen LogP contribution in [0.4, 0.5) is 0 Å². The van der Waals surface area contributed by atoms with Gasteiger partial charge in [0, 0.05) is 61.8 Å². The van der Waals surface area contributed by atoms with Gasteiger partial charge in [-0.15, -0.1) is 0 Å². The number of hydrogen-bond donors (Lipinski definition) is 4. The van der Waals surface area contributed by atoms with Gasteiger partial charge in [0.1, 0.15) is 54.4 Å². The fourth-order valence-electron chi connectivity index (χ4n) is 9.44. The zero-order valence-corrected chi connectivity index (χ0v) is 49.5. The van der Waals surface area contributed by atoms with Crippen LogP contribution in [0.3, 0.4) is 0 Å². The van der Waals surface area contributed by atoms with Gasteiger partial charge in [-0.3, -0.25) is 47.9 Å². The summed E-state index contributed by atoms with van der Waals surface area (Å²) in [4.78, 5) is 154. The van der Waals surface area contributed by atoms with Crippen molar-refractivity contribution in [1.29, 1.82) is 0 Å². The van der Waals surface area contributed by atoms with Gasteiger partial charge < -0.3 is 60.1 Å². The van der Waals surface area contributed by atoms with Gasteiger partial charge in [-0.25, -0.2) is 0 Å². The van der Waals surface area contributed by atoms with Gasteiger partial charge in [0.15, 0.2) is 0 Å². The molecule has 4 N–H and O–H groups in total. The third-order valence-corrected chi connectivity index (χ3v) is 14.9. The van der Waals surface area contributed by atoms with E-state index in [1.807, 2.05) is 27.7 Å². The van der Waals surface area contributed by atoms with E-state index < -0.39 is 132 Å². The van der Waals surface area contributed by atoms with Gasteiger partial charge >= 0.3 is 0 Å². The van der Waals surface area contributed by atoms with Crippen LogP contribution >= 0.6 is 0 Å². The second-order valence-corrected chi connectivity index (χ2v) is 23.1. The van der Waals surface area contributed by atoms with E-state index in [1.54, 1.807) is 56.0 Å². The number of nitrogens with zero attached hydrogens (tertiary/aromatic N) is 7. The zero-order chi connectivity index (χ0) is 59.3. The Labute approximate surface area is 462 Å². The van der Waals surface area contributed by atoms with E-state index in [1.165, 1.54) is 84.7 Å². The third-order valence-electron chi connectivity index (χ3n) is 14.9. The Bertz CT molecular complexity index is 2270. The Balaban J connectivity index is 2.27. The molecule has 78 heavy (non-hydrogen) atoms. The summed E-state index contributed by atoms with van der Waals surface area (Å²) in [6.07, 6.45) is 0.370. The molecule has 0 unspecified atom stereocenters. The molecular weight excluding hydrogens is 1000 g/mol. The Hall–Kier alpha value is -6.16. The highest BCUT2D eigenvalue weighted by atomic mass is 16.5. The van der Waals surface area contributed by atoms with Gasteiger partial charge in [-0.2, -0.15) is 0 Å². The van der Waals surface area contributed by atoms with Gasteiger partial charge in [0.2, 0.25) is 59.1 Å². The molecule has 2 heterocycles. The Morgan fingerprint density at radius 1 is 0.590 bits per heavy atom. The molecule has 3 rings (SSSR count). The number of ether oxygens (including phenoxy) is 1. The molecule has 10 atom stereocenters. The Kier molecular flexibility index (Phi) is 24.7. The highest BCUT2D eigenvalue weighted by Gasteiger charge is 2.43. The normalized spacial score (nSPS) is 27.0. The van der Waals surface area contributed by atoms with Crippen molar-refractivity contribution in [2.75, 3.05) is 62.0 Å². The number of nitrogens with one attached hydrogen (secondary N) is 3. The van der Waals surface area contributed by atoms with Crippen molar-refractivity contribution < 1.29 is 57.8 Å². The van der Waals surface area contributed by atoms with Gasteiger partial charge in [-0.05, 0) is 98.0 Å². The van der Waals surface area contributed by atoms with E-state index >= 15 is 0 Å². The molecule has 0 bridgehead atoms. The summed E-state index contributed by atoms with van der Waals surface area (Å²) in [6.45, 7) is 18.6. The van der Waals surface area contributed by atoms with E-state index in [-0.39, 0.29) is 37.7 Å². The van der Waals surface area contributed by atoms with E-state index in [0.717, 1.165) is 21.1 Å². The van der Waals surface area contributed by atoms with Crippen LogP contribution in [0, 0.1) is 11.8 Å². The molecule has 438 valence electrons. The van der Waals surface area contributed by atoms with Crippen LogP contribution in [0.5, 0.6) is 0 Å². The molecule has 22 heteroatoms. The number of benzene rings is 1. The number of piperidine rings is 1. The van der Waals surface area contributed by atoms with Gasteiger partial charge in [0.05, 0.1) is 24.7 Å². The van der Waals surface area contributed by atoms with Gasteiger partial charge in [-0.1, -0.05) is 58.0 Å². The summed E-state index contributed by atoms with van der Waals surface area (Å²) >= 11 is 0. The van der Waals surface area contributed by atoms with E-state index in [9.17, 15) is 53.1 Å². The van der Waals surface area contributed by atoms with Crippen LogP contribution in [0.1, 0.15) is 120 Å². The second kappa shape index (κ2) is 29.2. The van der Waals surface area contributed by atoms with Crippen LogP contribution in [0.2, 0.25) is 0 Å². The smallest absolute Gasteiger partial charge is 0.248 e. The standard InChI is InChI=1S/C56H92N10O12/c1-33(2)28-42-48(70)58-41(32-78-56(9,10)11)47(69)57-40(53(75)66-26-22-19-23-27-66)31-45(68)60(12)35(5)50(72)61(13)36(6)52(74)65(17)44(30-39-24-20-18-21-25-39)54(76)64(16)43(29-34(3)4)49(71)59-46(38(8)67)55(77)62(14)37(7)51(73)63(42)15/h18,20-21,24-25,33-38,40-44,46,67H,19,22-23,26-32H2,1-17H3,(H,57,69)(H,58,70)(H,59,71)/t35-,36-,37-,38+,40-,41-,42-,43-,44-,46-/m0/s1. The maximum atomic E-state index is 15.0. The largest absolute Gasteiger partial charge is 0.391 e. The molecule has 0 radical (unpaired) electrons. The first-order chi connectivity index (χ1) is 36.2. The Morgan fingerprint density at radius 2 is 1.04 bits per heavy atom. The second-order valence-electron chi connectivity index (χ2n) is 23.1. The first-order valence-electron chi connectivity index (χ1n) is 27.4. The summed E-state index contributed by atoms with van der Waals surface area (Å²) < 4.78 is 6.03. The summed E-state index contributed by atoms with van der Waals surface area (Å²) in [5.41, 5.74) is -0.136. The number of likely N-dealkylation sites (N-methyl/N-ethyl adjacent to an activating group) is 6. The molecular formula is C56H92N10O12. The fourth-order valence-corrected chi connectivity index (χ4v) is 9.44. The van der Waals surface area contributed by atoms with Crippen molar-refractivity contribution in [1.82, 2.24) is 50.2 Å². The molecule has 1 aromatic rings. The average Bonchev–Trinajstić information content (AvgIpc) is 3.39. The van der Waals surface area contributed by atoms with Crippen molar-refractivity contribution >= 4 is 59.1 Å². The van der Waals surface area contributed by atoms with Crippen LogP contribution in [-0.2, 0) is 59.1 Å². The lowest BCUT2D eigenvalue weighted by molar-refractivity contribution is -0.154. The van der Waals surface area contributed by atoms with Crippen LogP contribution < -0.4 is 16.0 Å². The van der Waals surface area contributed by atoms with Crippen molar-refractivity contribution in [3.05, 3.63) is 35.9 Å². The van der Waals surface area contributed by atoms with Crippen LogP contribution in [-0.4, -0.2) is 227 Å². The lowest BCUT2D eigenvalue weighted by Crippen LogP contribution is -2.62. The fraction of sp³-hybridized carbons (Fsp3) is 0.714. The third kappa shape index (κ3) is 17.9. The molecule has 2 fully saturated rings. The number of aliphatic hydroxyl groups excluding tert-OH is 1. The highest BCUT2D eigenvalue weighted by Crippen LogP contribution is 2.22. The molecule has 0 spiro atoms. The predicted molar refractivity (Wildman–Crippen MR) is 294 cm³/mol. The topological polar surface area (TPSA) is 259 Å². The minimum atomic E-state index is -1.62. The maximum Gasteiger partial charge on any atom is 0.248 e. The van der Waals surface area contributed by atoms with Gasteiger partial charge in [0.25, 0.3) is 0 Å². The predicted octanol–water partition coefficient (Wildman–Crippen LogP) is 1.41. The van der Waals surface area contributed by atoms with Crippen molar-refractivity contribution in [3.8, 4) is 0 Å². The molecule has 2 aliphatic heterocycles. The number of amides is 10. The van der Waals surface area contributed by atoms with Crippen LogP contribution in [0.15, 0.2) is 30.3 Å². The number of carbonyl (C=O) groups excluding carboxylic acids is 10. The molecule has 0 aliphatic carbocycles. The van der Waals surface area contributed by atoms with E-state index in [0.29, 0.717) is 31.5 Å². The lowest BCUT2D eigenvalue weighted by atomic mass is 9.98. The summed E-state index contributed by atoms with van der Waals surface area (Å²) in [5, 5.41) is 19.2.